The first kappa shape index (κ1) is 39.1. The number of nitrogens with zero attached hydrogens (tertiary/aromatic N) is 6. The molecule has 3 aromatic heterocycles. The van der Waals surface area contributed by atoms with Crippen LogP contribution in [0.5, 0.6) is 0 Å². The first-order chi connectivity index (χ1) is 33.7. The van der Waals surface area contributed by atoms with Crippen LogP contribution in [0.15, 0.2) is 255 Å². The SMILES string of the molecule is c1ccc(-c2ccc(N(c3ccccc3)c3ccc4c5ccc(N(c6ccccc6)c6ccc(-c7ccccc7)cc6)cc5n(-c5nc6ccccc6c6nc7ccccc7n56)c4c3)cc2)cc1. The fraction of sp³-hybridized carbons (Fsp3) is 0. The summed E-state index contributed by atoms with van der Waals surface area (Å²) in [7, 11) is 0. The summed E-state index contributed by atoms with van der Waals surface area (Å²) in [6.45, 7) is 0. The second-order valence-electron chi connectivity index (χ2n) is 17.1. The molecule has 0 N–H and O–H groups in total. The fourth-order valence-electron chi connectivity index (χ4n) is 9.88. The van der Waals surface area contributed by atoms with Crippen molar-refractivity contribution in [2.45, 2.75) is 0 Å². The van der Waals surface area contributed by atoms with Gasteiger partial charge in [-0.15, -0.1) is 0 Å². The number of imidazole rings is 1. The number of para-hydroxylation sites is 5. The van der Waals surface area contributed by atoms with Crippen molar-refractivity contribution in [2.24, 2.45) is 0 Å². The molecule has 13 rings (SSSR count). The summed E-state index contributed by atoms with van der Waals surface area (Å²) in [5, 5.41) is 3.24. The minimum atomic E-state index is 0.763. The molecule has 320 valence electrons. The van der Waals surface area contributed by atoms with E-state index in [1.54, 1.807) is 0 Å². The first-order valence-corrected chi connectivity index (χ1v) is 23.0. The van der Waals surface area contributed by atoms with Gasteiger partial charge in [0.25, 0.3) is 0 Å². The topological polar surface area (TPSA) is 41.6 Å². The molecule has 0 saturated heterocycles. The maximum Gasteiger partial charge on any atom is 0.221 e. The summed E-state index contributed by atoms with van der Waals surface area (Å²) >= 11 is 0. The van der Waals surface area contributed by atoms with Gasteiger partial charge in [0, 0.05) is 50.3 Å². The molecule has 0 atom stereocenters. The van der Waals surface area contributed by atoms with Crippen LogP contribution in [-0.4, -0.2) is 18.9 Å². The average Bonchev–Trinajstić information content (AvgIpc) is 3.96. The molecule has 0 aliphatic rings. The molecular formula is C62H42N6. The number of anilines is 6. The van der Waals surface area contributed by atoms with Crippen molar-refractivity contribution in [3.8, 4) is 28.2 Å². The van der Waals surface area contributed by atoms with Crippen LogP contribution in [0.2, 0.25) is 0 Å². The summed E-state index contributed by atoms with van der Waals surface area (Å²) in [4.78, 5) is 15.5. The van der Waals surface area contributed by atoms with Gasteiger partial charge in [-0.05, 0) is 119 Å². The van der Waals surface area contributed by atoms with Gasteiger partial charge in [0.2, 0.25) is 5.95 Å². The van der Waals surface area contributed by atoms with Crippen molar-refractivity contribution in [3.05, 3.63) is 255 Å². The Bertz CT molecular complexity index is 3760. The third kappa shape index (κ3) is 6.66. The predicted octanol–water partition coefficient (Wildman–Crippen LogP) is 16.4. The Morgan fingerprint density at radius 2 is 0.676 bits per heavy atom. The molecule has 68 heavy (non-hydrogen) atoms. The van der Waals surface area contributed by atoms with Crippen LogP contribution in [0.3, 0.4) is 0 Å². The maximum absolute atomic E-state index is 5.59. The lowest BCUT2D eigenvalue weighted by molar-refractivity contribution is 0.979. The van der Waals surface area contributed by atoms with Crippen LogP contribution >= 0.6 is 0 Å². The molecule has 0 radical (unpaired) electrons. The summed E-state index contributed by atoms with van der Waals surface area (Å²) in [6.07, 6.45) is 0. The Morgan fingerprint density at radius 3 is 1.19 bits per heavy atom. The van der Waals surface area contributed by atoms with E-state index in [4.69, 9.17) is 9.97 Å². The van der Waals surface area contributed by atoms with E-state index in [0.29, 0.717) is 0 Å². The van der Waals surface area contributed by atoms with Gasteiger partial charge >= 0.3 is 0 Å². The summed E-state index contributed by atoms with van der Waals surface area (Å²) in [6, 6.07) is 90.5. The number of rotatable bonds is 9. The molecule has 0 spiro atoms. The van der Waals surface area contributed by atoms with E-state index in [1.807, 2.05) is 0 Å². The highest BCUT2D eigenvalue weighted by atomic mass is 15.2. The fourth-order valence-corrected chi connectivity index (χ4v) is 9.88. The van der Waals surface area contributed by atoms with Crippen LogP contribution in [0.25, 0.3) is 77.6 Å². The van der Waals surface area contributed by atoms with E-state index < -0.39 is 0 Å². The van der Waals surface area contributed by atoms with Crippen molar-refractivity contribution < 1.29 is 0 Å². The Morgan fingerprint density at radius 1 is 0.279 bits per heavy atom. The van der Waals surface area contributed by atoms with E-state index in [2.05, 4.69) is 274 Å². The molecule has 6 nitrogen and oxygen atoms in total. The second-order valence-corrected chi connectivity index (χ2v) is 17.1. The number of benzene rings is 10. The lowest BCUT2D eigenvalue weighted by atomic mass is 10.0. The minimum Gasteiger partial charge on any atom is -0.310 e. The lowest BCUT2D eigenvalue weighted by Crippen LogP contribution is -2.11. The van der Waals surface area contributed by atoms with E-state index >= 15 is 0 Å². The van der Waals surface area contributed by atoms with Gasteiger partial charge in [-0.1, -0.05) is 158 Å². The third-order valence-corrected chi connectivity index (χ3v) is 13.1. The highest BCUT2D eigenvalue weighted by Crippen LogP contribution is 2.43. The van der Waals surface area contributed by atoms with Crippen LogP contribution in [0.1, 0.15) is 0 Å². The zero-order valence-electron chi connectivity index (χ0n) is 36.9. The van der Waals surface area contributed by atoms with Crippen LogP contribution in [0, 0.1) is 0 Å². The van der Waals surface area contributed by atoms with Gasteiger partial charge in [0.05, 0.1) is 27.6 Å². The molecule has 0 aliphatic heterocycles. The zero-order valence-corrected chi connectivity index (χ0v) is 36.9. The quantitative estimate of drug-likeness (QED) is 0.145. The van der Waals surface area contributed by atoms with Gasteiger partial charge in [-0.2, -0.15) is 0 Å². The summed E-state index contributed by atoms with van der Waals surface area (Å²) in [5.74, 6) is 0.763. The van der Waals surface area contributed by atoms with Crippen molar-refractivity contribution in [2.75, 3.05) is 9.80 Å². The van der Waals surface area contributed by atoms with Crippen molar-refractivity contribution in [1.29, 1.82) is 0 Å². The van der Waals surface area contributed by atoms with Gasteiger partial charge in [-0.25, -0.2) is 9.97 Å². The Balaban J connectivity index is 1.07. The number of hydrogen-bond acceptors (Lipinski definition) is 4. The molecule has 0 aliphatic carbocycles. The zero-order chi connectivity index (χ0) is 45.0. The van der Waals surface area contributed by atoms with Gasteiger partial charge in [0.1, 0.15) is 5.65 Å². The van der Waals surface area contributed by atoms with E-state index in [9.17, 15) is 0 Å². The molecule has 6 heteroatoms. The minimum absolute atomic E-state index is 0.763. The molecule has 0 bridgehead atoms. The molecule has 13 aromatic rings. The van der Waals surface area contributed by atoms with Crippen LogP contribution < -0.4 is 9.80 Å². The molecule has 0 unspecified atom stereocenters. The lowest BCUT2D eigenvalue weighted by Gasteiger charge is -2.26. The predicted molar refractivity (Wildman–Crippen MR) is 283 cm³/mol. The first-order valence-electron chi connectivity index (χ1n) is 23.0. The molecule has 0 amide bonds. The Hall–Kier alpha value is -9.26. The van der Waals surface area contributed by atoms with E-state index in [0.717, 1.165) is 89.5 Å². The second kappa shape index (κ2) is 16.3. The maximum atomic E-state index is 5.59. The standard InChI is InChI=1S/C62H42N6/c1-5-17-43(18-6-1)45-29-33-49(34-30-45)65(47-21-9-3-10-22-47)51-37-39-53-54-40-38-52(66(48-23-11-4-12-24-48)50-35-31-46(32-36-50)44-19-7-2-8-20-44)42-60(54)67(59(53)41-51)62-64-56-26-14-13-25-55(56)61-63-57-27-15-16-28-58(57)68(61)62/h1-42H. The molecular weight excluding hydrogens is 829 g/mol. The monoisotopic (exact) mass is 870 g/mol. The Kier molecular flexibility index (Phi) is 9.39. The normalized spacial score (nSPS) is 11.5. The largest absolute Gasteiger partial charge is 0.310 e. The van der Waals surface area contributed by atoms with Crippen LogP contribution in [0.4, 0.5) is 34.1 Å². The average molecular weight is 871 g/mol. The summed E-state index contributed by atoms with van der Waals surface area (Å²) < 4.78 is 4.60. The smallest absolute Gasteiger partial charge is 0.221 e. The van der Waals surface area contributed by atoms with Gasteiger partial charge in [-0.3, -0.25) is 8.97 Å². The number of aromatic nitrogens is 4. The third-order valence-electron chi connectivity index (χ3n) is 13.1. The van der Waals surface area contributed by atoms with Gasteiger partial charge < -0.3 is 9.80 Å². The number of fused-ring (bicyclic) bond motifs is 8. The molecule has 10 aromatic carbocycles. The summed E-state index contributed by atoms with van der Waals surface area (Å²) in [5.41, 5.74) is 16.7. The highest BCUT2D eigenvalue weighted by Gasteiger charge is 2.24. The molecule has 0 saturated carbocycles. The van der Waals surface area contributed by atoms with Crippen molar-refractivity contribution >= 4 is 83.5 Å². The molecule has 3 heterocycles. The number of hydrogen-bond donors (Lipinski definition) is 0. The van der Waals surface area contributed by atoms with Crippen molar-refractivity contribution in [1.82, 2.24) is 18.9 Å². The van der Waals surface area contributed by atoms with Crippen molar-refractivity contribution in [3.63, 3.8) is 0 Å². The Labute approximate surface area is 393 Å². The van der Waals surface area contributed by atoms with E-state index in [-0.39, 0.29) is 0 Å². The van der Waals surface area contributed by atoms with E-state index in [1.165, 1.54) is 22.3 Å². The van der Waals surface area contributed by atoms with Gasteiger partial charge in [0.15, 0.2) is 0 Å². The highest BCUT2D eigenvalue weighted by molar-refractivity contribution is 6.12. The van der Waals surface area contributed by atoms with Crippen LogP contribution in [-0.2, 0) is 0 Å². The molecule has 0 fully saturated rings.